The van der Waals surface area contributed by atoms with Gasteiger partial charge in [-0.15, -0.1) is 0 Å². The van der Waals surface area contributed by atoms with E-state index in [0.29, 0.717) is 6.54 Å². The van der Waals surface area contributed by atoms with Crippen LogP contribution in [0, 0.1) is 0 Å². The predicted molar refractivity (Wildman–Crippen MR) is 79.5 cm³/mol. The summed E-state index contributed by atoms with van der Waals surface area (Å²) in [6, 6.07) is 2.30. The zero-order valence-electron chi connectivity index (χ0n) is 12.4. The van der Waals surface area contributed by atoms with E-state index in [2.05, 4.69) is 14.9 Å². The minimum absolute atomic E-state index is 0.179. The van der Waals surface area contributed by atoms with Crippen LogP contribution in [0.5, 0.6) is 0 Å². The van der Waals surface area contributed by atoms with E-state index in [1.165, 1.54) is 0 Å². The highest BCUT2D eigenvalue weighted by molar-refractivity contribution is 6.28. The third-order valence-corrected chi connectivity index (χ3v) is 3.96. The first-order chi connectivity index (χ1) is 9.83. The van der Waals surface area contributed by atoms with Gasteiger partial charge in [-0.3, -0.25) is 0 Å². The molecule has 2 atom stereocenters. The average molecular weight is 311 g/mol. The number of nitrogens with zero attached hydrogens (tertiary/aromatic N) is 4. The molecule has 2 aliphatic rings. The lowest BCUT2D eigenvalue weighted by Gasteiger charge is -2.35. The number of anilines is 1. The Morgan fingerprint density at radius 3 is 2.71 bits per heavy atom. The number of hydrogen-bond donors (Lipinski definition) is 0. The highest BCUT2D eigenvalue weighted by Gasteiger charge is 2.46. The molecule has 0 N–H and O–H groups in total. The van der Waals surface area contributed by atoms with Gasteiger partial charge in [-0.2, -0.15) is 0 Å². The second-order valence-electron chi connectivity index (χ2n) is 6.51. The molecule has 0 radical (unpaired) electrons. The number of amides is 1. The molecule has 0 aliphatic carbocycles. The summed E-state index contributed by atoms with van der Waals surface area (Å²) in [7, 11) is 0. The lowest BCUT2D eigenvalue weighted by Crippen LogP contribution is -2.50. The molecule has 0 unspecified atom stereocenters. The van der Waals surface area contributed by atoms with Crippen molar-refractivity contribution in [3.8, 4) is 0 Å². The van der Waals surface area contributed by atoms with Gasteiger partial charge in [0.1, 0.15) is 11.4 Å². The largest absolute Gasteiger partial charge is 0.444 e. The zero-order chi connectivity index (χ0) is 15.2. The van der Waals surface area contributed by atoms with E-state index in [4.69, 9.17) is 16.3 Å². The Bertz CT molecular complexity index is 560. The number of aromatic nitrogens is 2. The zero-order valence-corrected chi connectivity index (χ0v) is 13.2. The van der Waals surface area contributed by atoms with Gasteiger partial charge in [0.05, 0.1) is 12.1 Å². The second kappa shape index (κ2) is 5.02. The predicted octanol–water partition coefficient (Wildman–Crippen LogP) is 2.33. The number of likely N-dealkylation sites (tertiary alicyclic amines) is 1. The van der Waals surface area contributed by atoms with Crippen molar-refractivity contribution in [2.24, 2.45) is 0 Å². The smallest absolute Gasteiger partial charge is 0.410 e. The molecule has 2 aliphatic heterocycles. The van der Waals surface area contributed by atoms with Crippen LogP contribution >= 0.6 is 11.6 Å². The maximum atomic E-state index is 12.2. The van der Waals surface area contributed by atoms with Gasteiger partial charge >= 0.3 is 6.09 Å². The average Bonchev–Trinajstić information content (AvgIpc) is 2.96. The number of carbonyl (C=O) groups is 1. The van der Waals surface area contributed by atoms with Gasteiger partial charge in [-0.05, 0) is 44.9 Å². The first-order valence-electron chi connectivity index (χ1n) is 7.08. The van der Waals surface area contributed by atoms with Gasteiger partial charge in [0.2, 0.25) is 5.28 Å². The van der Waals surface area contributed by atoms with E-state index in [1.807, 2.05) is 31.7 Å². The van der Waals surface area contributed by atoms with E-state index in [9.17, 15) is 4.79 Å². The molecule has 3 heterocycles. The Labute approximate surface area is 129 Å². The summed E-state index contributed by atoms with van der Waals surface area (Å²) in [6.45, 7) is 7.08. The summed E-state index contributed by atoms with van der Waals surface area (Å²) >= 11 is 5.84. The molecule has 1 amide bonds. The fourth-order valence-corrected chi connectivity index (χ4v) is 3.12. The van der Waals surface area contributed by atoms with E-state index in [-0.39, 0.29) is 23.5 Å². The van der Waals surface area contributed by atoms with Gasteiger partial charge in [-0.1, -0.05) is 0 Å². The van der Waals surface area contributed by atoms with Crippen LogP contribution in [-0.2, 0) is 4.74 Å². The van der Waals surface area contributed by atoms with Gasteiger partial charge in [-0.25, -0.2) is 14.8 Å². The summed E-state index contributed by atoms with van der Waals surface area (Å²) in [5.74, 6) is 0.825. The first-order valence-corrected chi connectivity index (χ1v) is 7.46. The molecule has 21 heavy (non-hydrogen) atoms. The molecule has 3 rings (SSSR count). The van der Waals surface area contributed by atoms with Crippen molar-refractivity contribution in [2.75, 3.05) is 18.0 Å². The standard InChI is InChI=1S/C14H19ClN4O2/c1-14(2,3)21-13(20)19-8-9-6-10(19)7-18(9)11-4-5-16-12(15)17-11/h4-5,9-10H,6-8H2,1-3H3/t9-,10-/m0/s1. The quantitative estimate of drug-likeness (QED) is 0.745. The number of rotatable bonds is 1. The molecule has 2 bridgehead atoms. The molecule has 7 heteroatoms. The molecule has 1 aromatic rings. The van der Waals surface area contributed by atoms with Crippen LogP contribution in [0.2, 0.25) is 5.28 Å². The Kier molecular flexibility index (Phi) is 3.43. The van der Waals surface area contributed by atoms with Crippen LogP contribution in [0.1, 0.15) is 27.2 Å². The summed E-state index contributed by atoms with van der Waals surface area (Å²) < 4.78 is 5.46. The summed E-state index contributed by atoms with van der Waals surface area (Å²) in [5, 5.41) is 0.249. The van der Waals surface area contributed by atoms with Crippen LogP contribution in [0.4, 0.5) is 10.6 Å². The van der Waals surface area contributed by atoms with Crippen molar-refractivity contribution in [3.05, 3.63) is 17.5 Å². The SMILES string of the molecule is CC(C)(C)OC(=O)N1C[C@@H]2C[C@H]1CN2c1ccnc(Cl)n1. The molecule has 0 spiro atoms. The maximum Gasteiger partial charge on any atom is 0.410 e. The third kappa shape index (κ3) is 2.90. The van der Waals surface area contributed by atoms with E-state index in [1.54, 1.807) is 6.20 Å². The van der Waals surface area contributed by atoms with Crippen LogP contribution in [0.15, 0.2) is 12.3 Å². The first kappa shape index (κ1) is 14.4. The van der Waals surface area contributed by atoms with Gasteiger partial charge < -0.3 is 14.5 Å². The van der Waals surface area contributed by atoms with Crippen LogP contribution in [0.25, 0.3) is 0 Å². The van der Waals surface area contributed by atoms with Crippen molar-refractivity contribution in [2.45, 2.75) is 44.9 Å². The topological polar surface area (TPSA) is 58.6 Å². The minimum atomic E-state index is -0.460. The summed E-state index contributed by atoms with van der Waals surface area (Å²) in [6.07, 6.45) is 2.37. The third-order valence-electron chi connectivity index (χ3n) is 3.77. The second-order valence-corrected chi connectivity index (χ2v) is 6.85. The van der Waals surface area contributed by atoms with Crippen molar-refractivity contribution >= 4 is 23.5 Å². The number of fused-ring (bicyclic) bond motifs is 2. The number of carbonyl (C=O) groups excluding carboxylic acids is 1. The monoisotopic (exact) mass is 310 g/mol. The van der Waals surface area contributed by atoms with Gasteiger partial charge in [0, 0.05) is 19.3 Å². The van der Waals surface area contributed by atoms with Gasteiger partial charge in [0.15, 0.2) is 0 Å². The Morgan fingerprint density at radius 2 is 2.14 bits per heavy atom. The van der Waals surface area contributed by atoms with E-state index >= 15 is 0 Å². The normalized spacial score (nSPS) is 24.6. The van der Waals surface area contributed by atoms with Crippen molar-refractivity contribution in [1.29, 1.82) is 0 Å². The molecule has 2 saturated heterocycles. The van der Waals surface area contributed by atoms with E-state index < -0.39 is 5.60 Å². The maximum absolute atomic E-state index is 12.2. The molecule has 0 aromatic carbocycles. The fourth-order valence-electron chi connectivity index (χ4n) is 2.98. The van der Waals surface area contributed by atoms with Crippen LogP contribution in [0.3, 0.4) is 0 Å². The molecule has 0 saturated carbocycles. The minimum Gasteiger partial charge on any atom is -0.444 e. The molecule has 6 nitrogen and oxygen atoms in total. The van der Waals surface area contributed by atoms with Gasteiger partial charge in [0.25, 0.3) is 0 Å². The lowest BCUT2D eigenvalue weighted by atomic mass is 10.2. The molecule has 114 valence electrons. The number of hydrogen-bond acceptors (Lipinski definition) is 5. The highest BCUT2D eigenvalue weighted by atomic mass is 35.5. The highest BCUT2D eigenvalue weighted by Crippen LogP contribution is 2.34. The molecule has 2 fully saturated rings. The van der Waals surface area contributed by atoms with Crippen LogP contribution < -0.4 is 4.90 Å². The Balaban J connectivity index is 1.68. The number of ether oxygens (including phenoxy) is 1. The Hall–Kier alpha value is -1.56. The summed E-state index contributed by atoms with van der Waals surface area (Å²) in [5.41, 5.74) is -0.460. The van der Waals surface area contributed by atoms with Crippen molar-refractivity contribution < 1.29 is 9.53 Å². The fraction of sp³-hybridized carbons (Fsp3) is 0.643. The van der Waals surface area contributed by atoms with Crippen molar-refractivity contribution in [3.63, 3.8) is 0 Å². The lowest BCUT2D eigenvalue weighted by molar-refractivity contribution is 0.0214. The molecule has 1 aromatic heterocycles. The Morgan fingerprint density at radius 1 is 1.38 bits per heavy atom. The number of halogens is 1. The molecular weight excluding hydrogens is 292 g/mol. The van der Waals surface area contributed by atoms with Crippen molar-refractivity contribution in [1.82, 2.24) is 14.9 Å². The van der Waals surface area contributed by atoms with E-state index in [0.717, 1.165) is 18.8 Å². The summed E-state index contributed by atoms with van der Waals surface area (Å²) in [4.78, 5) is 24.4. The van der Waals surface area contributed by atoms with Crippen LogP contribution in [-0.4, -0.2) is 51.7 Å². The number of piperazine rings is 1. The molecular formula is C14H19ClN4O2.